The van der Waals surface area contributed by atoms with Crippen LogP contribution in [0.5, 0.6) is 0 Å². The average molecular weight is 381 g/mol. The predicted molar refractivity (Wildman–Crippen MR) is 108 cm³/mol. The molecule has 1 aromatic carbocycles. The highest BCUT2D eigenvalue weighted by molar-refractivity contribution is 5.82. The van der Waals surface area contributed by atoms with Gasteiger partial charge in [-0.1, -0.05) is 49.4 Å². The van der Waals surface area contributed by atoms with Gasteiger partial charge in [-0.3, -0.25) is 4.90 Å². The number of fused-ring (bicyclic) bond motifs is 1. The lowest BCUT2D eigenvalue weighted by atomic mass is 10.2. The minimum atomic E-state index is 0.226. The first-order valence-electron chi connectivity index (χ1n) is 9.90. The topological polar surface area (TPSA) is 81.0 Å². The van der Waals surface area contributed by atoms with E-state index < -0.39 is 0 Å². The highest BCUT2D eigenvalue weighted by Gasteiger charge is 2.17. The number of hydrogen-bond donors (Lipinski definition) is 1. The molecular formula is C20H27N7O. The zero-order valence-corrected chi connectivity index (χ0v) is 16.5. The number of rotatable bonds is 7. The third-order valence-electron chi connectivity index (χ3n) is 4.90. The minimum Gasteiger partial charge on any atom is -0.379 e. The van der Waals surface area contributed by atoms with Crippen molar-refractivity contribution < 1.29 is 4.74 Å². The maximum absolute atomic E-state index is 5.41. The molecule has 1 saturated heterocycles. The van der Waals surface area contributed by atoms with Crippen LogP contribution < -0.4 is 5.32 Å². The van der Waals surface area contributed by atoms with Gasteiger partial charge >= 0.3 is 0 Å². The normalized spacial score (nSPS) is 15.4. The van der Waals surface area contributed by atoms with E-state index in [1.165, 1.54) is 5.56 Å². The number of hydrogen-bond acceptors (Lipinski definition) is 7. The second-order valence-electron chi connectivity index (χ2n) is 7.37. The van der Waals surface area contributed by atoms with Crippen LogP contribution in [-0.4, -0.2) is 69.3 Å². The zero-order valence-electron chi connectivity index (χ0n) is 16.5. The Morgan fingerprint density at radius 2 is 1.89 bits per heavy atom. The molecule has 0 amide bonds. The molecule has 0 spiro atoms. The number of morpholine rings is 1. The first-order chi connectivity index (χ1) is 13.7. The maximum Gasteiger partial charge on any atom is 0.184 e. The van der Waals surface area contributed by atoms with Gasteiger partial charge in [-0.05, 0) is 5.56 Å². The smallest absolute Gasteiger partial charge is 0.184 e. The second kappa shape index (κ2) is 8.62. The molecule has 1 fully saturated rings. The van der Waals surface area contributed by atoms with E-state index in [0.29, 0.717) is 6.54 Å². The van der Waals surface area contributed by atoms with E-state index in [0.717, 1.165) is 62.2 Å². The number of anilines is 1. The summed E-state index contributed by atoms with van der Waals surface area (Å²) in [6.45, 7) is 10.2. The summed E-state index contributed by atoms with van der Waals surface area (Å²) in [5.74, 6) is 1.79. The van der Waals surface area contributed by atoms with Crippen molar-refractivity contribution in [2.45, 2.75) is 26.3 Å². The Kier molecular flexibility index (Phi) is 5.78. The van der Waals surface area contributed by atoms with E-state index in [4.69, 9.17) is 14.7 Å². The van der Waals surface area contributed by atoms with Crippen molar-refractivity contribution in [3.63, 3.8) is 0 Å². The molecule has 0 saturated carbocycles. The molecule has 28 heavy (non-hydrogen) atoms. The lowest BCUT2D eigenvalue weighted by molar-refractivity contribution is 0.0398. The standard InChI is InChI=1S/C20H27N7O/c1-15(2)18-22-19(21-8-9-26-10-12-28-13-11-26)17-20(23-18)27(25-24-17)14-16-6-4-3-5-7-16/h3-7,15H,8-14H2,1-2H3,(H,21,22,23). The Hall–Kier alpha value is -2.58. The molecule has 0 unspecified atom stereocenters. The minimum absolute atomic E-state index is 0.226. The van der Waals surface area contributed by atoms with E-state index >= 15 is 0 Å². The summed E-state index contributed by atoms with van der Waals surface area (Å²) in [7, 11) is 0. The first kappa shape index (κ1) is 18.8. The van der Waals surface area contributed by atoms with Crippen LogP contribution in [0.2, 0.25) is 0 Å². The fourth-order valence-electron chi connectivity index (χ4n) is 3.27. The SMILES string of the molecule is CC(C)c1nc(NCCN2CCOCC2)c2nnn(Cc3ccccc3)c2n1. The Bertz CT molecular complexity index is 904. The van der Waals surface area contributed by atoms with Crippen molar-refractivity contribution in [3.05, 3.63) is 41.7 Å². The molecule has 2 aromatic heterocycles. The molecule has 0 bridgehead atoms. The molecule has 0 atom stereocenters. The van der Waals surface area contributed by atoms with Gasteiger partial charge in [-0.25, -0.2) is 14.6 Å². The molecular weight excluding hydrogens is 354 g/mol. The lowest BCUT2D eigenvalue weighted by Gasteiger charge is -2.26. The lowest BCUT2D eigenvalue weighted by Crippen LogP contribution is -2.39. The monoisotopic (exact) mass is 381 g/mol. The fourth-order valence-corrected chi connectivity index (χ4v) is 3.27. The van der Waals surface area contributed by atoms with E-state index in [9.17, 15) is 0 Å². The summed E-state index contributed by atoms with van der Waals surface area (Å²) in [4.78, 5) is 11.9. The summed E-state index contributed by atoms with van der Waals surface area (Å²) in [6, 6.07) is 10.2. The Morgan fingerprint density at radius 3 is 2.64 bits per heavy atom. The molecule has 1 N–H and O–H groups in total. The van der Waals surface area contributed by atoms with Crippen molar-refractivity contribution in [1.29, 1.82) is 0 Å². The van der Waals surface area contributed by atoms with Gasteiger partial charge in [-0.15, -0.1) is 5.10 Å². The van der Waals surface area contributed by atoms with Gasteiger partial charge in [-0.2, -0.15) is 0 Å². The van der Waals surface area contributed by atoms with Gasteiger partial charge in [0, 0.05) is 32.1 Å². The summed E-state index contributed by atoms with van der Waals surface area (Å²) in [5, 5.41) is 12.2. The number of benzene rings is 1. The largest absolute Gasteiger partial charge is 0.379 e. The van der Waals surface area contributed by atoms with Gasteiger partial charge in [0.1, 0.15) is 5.82 Å². The maximum atomic E-state index is 5.41. The van der Waals surface area contributed by atoms with Crippen LogP contribution in [0.15, 0.2) is 30.3 Å². The van der Waals surface area contributed by atoms with Crippen LogP contribution in [0, 0.1) is 0 Å². The summed E-state index contributed by atoms with van der Waals surface area (Å²) < 4.78 is 7.26. The van der Waals surface area contributed by atoms with Crippen LogP contribution >= 0.6 is 0 Å². The number of aromatic nitrogens is 5. The van der Waals surface area contributed by atoms with Crippen molar-refractivity contribution in [3.8, 4) is 0 Å². The number of nitrogens with zero attached hydrogens (tertiary/aromatic N) is 6. The third-order valence-corrected chi connectivity index (χ3v) is 4.90. The first-order valence-corrected chi connectivity index (χ1v) is 9.90. The second-order valence-corrected chi connectivity index (χ2v) is 7.37. The predicted octanol–water partition coefficient (Wildman–Crippen LogP) is 2.14. The molecule has 8 nitrogen and oxygen atoms in total. The molecule has 1 aliphatic rings. The average Bonchev–Trinajstić information content (AvgIpc) is 3.12. The van der Waals surface area contributed by atoms with Gasteiger partial charge in [0.25, 0.3) is 0 Å². The van der Waals surface area contributed by atoms with E-state index in [2.05, 4.69) is 46.5 Å². The molecule has 1 aliphatic heterocycles. The number of nitrogens with one attached hydrogen (secondary N) is 1. The summed E-state index contributed by atoms with van der Waals surface area (Å²) >= 11 is 0. The van der Waals surface area contributed by atoms with Crippen LogP contribution in [0.25, 0.3) is 11.2 Å². The van der Waals surface area contributed by atoms with E-state index in [1.54, 1.807) is 0 Å². The highest BCUT2D eigenvalue weighted by Crippen LogP contribution is 2.21. The Balaban J connectivity index is 1.56. The van der Waals surface area contributed by atoms with Crippen LogP contribution in [0.4, 0.5) is 5.82 Å². The van der Waals surface area contributed by atoms with Crippen molar-refractivity contribution >= 4 is 17.0 Å². The molecule has 3 heterocycles. The fraction of sp³-hybridized carbons (Fsp3) is 0.500. The Labute approximate surface area is 164 Å². The van der Waals surface area contributed by atoms with Crippen molar-refractivity contribution in [1.82, 2.24) is 29.9 Å². The van der Waals surface area contributed by atoms with Crippen LogP contribution in [0.3, 0.4) is 0 Å². The summed E-state index contributed by atoms with van der Waals surface area (Å²) in [5.41, 5.74) is 2.67. The van der Waals surface area contributed by atoms with Gasteiger partial charge in [0.15, 0.2) is 17.0 Å². The molecule has 148 valence electrons. The molecule has 3 aromatic rings. The zero-order chi connectivity index (χ0) is 19.3. The van der Waals surface area contributed by atoms with Crippen molar-refractivity contribution in [2.24, 2.45) is 0 Å². The van der Waals surface area contributed by atoms with Gasteiger partial charge < -0.3 is 10.1 Å². The van der Waals surface area contributed by atoms with Crippen molar-refractivity contribution in [2.75, 3.05) is 44.7 Å². The Morgan fingerprint density at radius 1 is 1.11 bits per heavy atom. The molecule has 8 heteroatoms. The van der Waals surface area contributed by atoms with Gasteiger partial charge in [0.05, 0.1) is 19.8 Å². The quantitative estimate of drug-likeness (QED) is 0.671. The van der Waals surface area contributed by atoms with Crippen LogP contribution in [-0.2, 0) is 11.3 Å². The molecule has 4 rings (SSSR count). The summed E-state index contributed by atoms with van der Waals surface area (Å²) in [6.07, 6.45) is 0. The van der Waals surface area contributed by atoms with Crippen LogP contribution in [0.1, 0.15) is 31.2 Å². The molecule has 0 aliphatic carbocycles. The third kappa shape index (κ3) is 4.28. The number of ether oxygens (including phenoxy) is 1. The van der Waals surface area contributed by atoms with E-state index in [1.807, 2.05) is 22.9 Å². The van der Waals surface area contributed by atoms with Gasteiger partial charge in [0.2, 0.25) is 0 Å². The van der Waals surface area contributed by atoms with E-state index in [-0.39, 0.29) is 5.92 Å². The molecule has 0 radical (unpaired) electrons. The highest BCUT2D eigenvalue weighted by atomic mass is 16.5.